The number of nitrogens with zero attached hydrogens (tertiary/aromatic N) is 1. The van der Waals surface area contributed by atoms with Gasteiger partial charge in [0, 0.05) is 24.6 Å². The number of carboxylic acid groups (broad SMARTS) is 1. The van der Waals surface area contributed by atoms with E-state index in [1.807, 2.05) is 25.7 Å². The lowest BCUT2D eigenvalue weighted by Gasteiger charge is -2.36. The molecule has 1 saturated carbocycles. The molecule has 6 heteroatoms. The summed E-state index contributed by atoms with van der Waals surface area (Å²) in [5.74, 6) is -0.594. The second-order valence-electron chi connectivity index (χ2n) is 10.8. The molecule has 3 aliphatic rings. The SMILES string of the molecule is Cc1c(-c2c(C)c3c(c(C)c2CC(=O)O)CCN(C(=O)C2CCCCC2)C3)cc(F)c2c1CCCO2. The van der Waals surface area contributed by atoms with Crippen molar-refractivity contribution >= 4 is 11.9 Å². The Morgan fingerprint density at radius 3 is 2.47 bits per heavy atom. The standard InChI is InChI=1S/C30H36FNO4/c1-17-21-11-12-32(30(35)20-8-5-4-6-9-20)16-25(21)19(3)28(24(17)15-27(33)34)23-14-26(31)29-22(18(23)2)10-7-13-36-29/h14,20H,4-13,15-16H2,1-3H3,(H,33,34). The maximum Gasteiger partial charge on any atom is 0.307 e. The van der Waals surface area contributed by atoms with Gasteiger partial charge in [0.1, 0.15) is 0 Å². The molecule has 0 spiro atoms. The number of hydrogen-bond acceptors (Lipinski definition) is 3. The molecule has 2 aromatic carbocycles. The Bertz CT molecular complexity index is 1230. The molecule has 1 fully saturated rings. The van der Waals surface area contributed by atoms with Crippen LogP contribution in [0.5, 0.6) is 5.75 Å². The van der Waals surface area contributed by atoms with Gasteiger partial charge in [-0.25, -0.2) is 4.39 Å². The molecule has 192 valence electrons. The summed E-state index contributed by atoms with van der Waals surface area (Å²) >= 11 is 0. The highest BCUT2D eigenvalue weighted by molar-refractivity contribution is 5.84. The minimum absolute atomic E-state index is 0.115. The Morgan fingerprint density at radius 1 is 1.00 bits per heavy atom. The van der Waals surface area contributed by atoms with Gasteiger partial charge in [-0.15, -0.1) is 0 Å². The van der Waals surface area contributed by atoms with E-state index in [9.17, 15) is 14.7 Å². The monoisotopic (exact) mass is 493 g/mol. The number of fused-ring (bicyclic) bond motifs is 2. The number of hydrogen-bond donors (Lipinski definition) is 1. The van der Waals surface area contributed by atoms with Gasteiger partial charge in [0.05, 0.1) is 13.0 Å². The van der Waals surface area contributed by atoms with E-state index in [0.29, 0.717) is 25.4 Å². The first kappa shape index (κ1) is 24.8. The fourth-order valence-corrected chi connectivity index (χ4v) is 6.72. The highest BCUT2D eigenvalue weighted by Crippen LogP contribution is 2.43. The highest BCUT2D eigenvalue weighted by Gasteiger charge is 2.32. The van der Waals surface area contributed by atoms with Crippen LogP contribution in [0.15, 0.2) is 6.07 Å². The predicted octanol–water partition coefficient (Wildman–Crippen LogP) is 5.84. The number of aliphatic carboxylic acids is 1. The van der Waals surface area contributed by atoms with Crippen LogP contribution in [-0.2, 0) is 35.4 Å². The molecule has 1 aliphatic carbocycles. The van der Waals surface area contributed by atoms with E-state index in [0.717, 1.165) is 95.0 Å². The Hall–Kier alpha value is -2.89. The molecule has 0 radical (unpaired) electrons. The average molecular weight is 494 g/mol. The number of amides is 1. The van der Waals surface area contributed by atoms with Crippen molar-refractivity contribution in [2.75, 3.05) is 13.2 Å². The molecule has 2 heterocycles. The lowest BCUT2D eigenvalue weighted by Crippen LogP contribution is -2.41. The Balaban J connectivity index is 1.64. The molecule has 1 amide bonds. The third kappa shape index (κ3) is 4.29. The Morgan fingerprint density at radius 2 is 1.75 bits per heavy atom. The molecule has 0 unspecified atom stereocenters. The number of benzene rings is 2. The molecule has 36 heavy (non-hydrogen) atoms. The van der Waals surface area contributed by atoms with Crippen molar-refractivity contribution in [1.82, 2.24) is 4.90 Å². The van der Waals surface area contributed by atoms with Gasteiger partial charge < -0.3 is 14.7 Å². The number of rotatable bonds is 4. The van der Waals surface area contributed by atoms with Gasteiger partial charge >= 0.3 is 5.97 Å². The van der Waals surface area contributed by atoms with Gasteiger partial charge in [-0.05, 0) is 103 Å². The first-order valence-electron chi connectivity index (χ1n) is 13.4. The molecule has 2 aliphatic heterocycles. The van der Waals surface area contributed by atoms with E-state index in [-0.39, 0.29) is 18.2 Å². The molecule has 0 atom stereocenters. The first-order chi connectivity index (χ1) is 17.3. The zero-order valence-electron chi connectivity index (χ0n) is 21.6. The summed E-state index contributed by atoms with van der Waals surface area (Å²) in [4.78, 5) is 27.3. The van der Waals surface area contributed by atoms with E-state index in [2.05, 4.69) is 0 Å². The summed E-state index contributed by atoms with van der Waals surface area (Å²) in [6.07, 6.45) is 7.57. The van der Waals surface area contributed by atoms with E-state index in [1.54, 1.807) is 0 Å². The summed E-state index contributed by atoms with van der Waals surface area (Å²) in [6.45, 7) is 7.70. The van der Waals surface area contributed by atoms with Gasteiger partial charge in [-0.2, -0.15) is 0 Å². The molecule has 1 N–H and O–H groups in total. The quantitative estimate of drug-likeness (QED) is 0.582. The minimum Gasteiger partial charge on any atom is -0.490 e. The first-order valence-corrected chi connectivity index (χ1v) is 13.4. The third-order valence-corrected chi connectivity index (χ3v) is 8.68. The van der Waals surface area contributed by atoms with Crippen LogP contribution in [-0.4, -0.2) is 35.0 Å². The van der Waals surface area contributed by atoms with E-state index < -0.39 is 11.8 Å². The summed E-state index contributed by atoms with van der Waals surface area (Å²) in [5, 5.41) is 9.79. The number of ether oxygens (including phenoxy) is 1. The van der Waals surface area contributed by atoms with Crippen LogP contribution >= 0.6 is 0 Å². The number of carbonyl (C=O) groups is 2. The maximum absolute atomic E-state index is 15.2. The molecule has 0 aromatic heterocycles. The van der Waals surface area contributed by atoms with E-state index in [1.165, 1.54) is 12.5 Å². The molecule has 5 nitrogen and oxygen atoms in total. The lowest BCUT2D eigenvalue weighted by atomic mass is 9.79. The second kappa shape index (κ2) is 9.87. The smallest absolute Gasteiger partial charge is 0.307 e. The topological polar surface area (TPSA) is 66.8 Å². The lowest BCUT2D eigenvalue weighted by molar-refractivity contribution is -0.137. The third-order valence-electron chi connectivity index (χ3n) is 8.68. The number of carboxylic acids is 1. The summed E-state index contributed by atoms with van der Waals surface area (Å²) in [6, 6.07) is 1.52. The molecular weight excluding hydrogens is 457 g/mol. The zero-order chi connectivity index (χ0) is 25.6. The van der Waals surface area contributed by atoms with Crippen molar-refractivity contribution in [1.29, 1.82) is 0 Å². The number of halogens is 1. The van der Waals surface area contributed by atoms with Gasteiger partial charge in [0.2, 0.25) is 5.91 Å². The van der Waals surface area contributed by atoms with Crippen LogP contribution in [0.25, 0.3) is 11.1 Å². The highest BCUT2D eigenvalue weighted by atomic mass is 19.1. The van der Waals surface area contributed by atoms with Crippen LogP contribution in [0.1, 0.15) is 77.5 Å². The molecular formula is C30H36FNO4. The normalized spacial score (nSPS) is 17.8. The Kier molecular flexibility index (Phi) is 6.80. The van der Waals surface area contributed by atoms with Gasteiger partial charge in [0.15, 0.2) is 11.6 Å². The average Bonchev–Trinajstić information content (AvgIpc) is 2.89. The fourth-order valence-electron chi connectivity index (χ4n) is 6.72. The summed E-state index contributed by atoms with van der Waals surface area (Å²) in [5.41, 5.74) is 8.31. The maximum atomic E-state index is 15.2. The van der Waals surface area contributed by atoms with Crippen molar-refractivity contribution in [2.45, 2.75) is 85.1 Å². The van der Waals surface area contributed by atoms with Gasteiger partial charge in [-0.1, -0.05) is 19.3 Å². The van der Waals surface area contributed by atoms with Crippen molar-refractivity contribution in [2.24, 2.45) is 5.92 Å². The fraction of sp³-hybridized carbons (Fsp3) is 0.533. The summed E-state index contributed by atoms with van der Waals surface area (Å²) < 4.78 is 20.9. The largest absolute Gasteiger partial charge is 0.490 e. The molecule has 5 rings (SSSR count). The van der Waals surface area contributed by atoms with Crippen molar-refractivity contribution < 1.29 is 23.8 Å². The molecule has 2 aromatic rings. The molecule has 0 bridgehead atoms. The molecule has 0 saturated heterocycles. The van der Waals surface area contributed by atoms with Crippen LogP contribution in [0.4, 0.5) is 4.39 Å². The van der Waals surface area contributed by atoms with Crippen LogP contribution in [0, 0.1) is 32.5 Å². The van der Waals surface area contributed by atoms with E-state index in [4.69, 9.17) is 4.74 Å². The summed E-state index contributed by atoms with van der Waals surface area (Å²) in [7, 11) is 0. The van der Waals surface area contributed by atoms with Gasteiger partial charge in [0.25, 0.3) is 0 Å². The van der Waals surface area contributed by atoms with Crippen molar-refractivity contribution in [3.8, 4) is 16.9 Å². The predicted molar refractivity (Wildman–Crippen MR) is 137 cm³/mol. The van der Waals surface area contributed by atoms with E-state index >= 15 is 4.39 Å². The van der Waals surface area contributed by atoms with Crippen LogP contribution < -0.4 is 4.74 Å². The van der Waals surface area contributed by atoms with Crippen LogP contribution in [0.2, 0.25) is 0 Å². The minimum atomic E-state index is -0.900. The van der Waals surface area contributed by atoms with Gasteiger partial charge in [-0.3, -0.25) is 9.59 Å². The Labute approximate surface area is 212 Å². The second-order valence-corrected chi connectivity index (χ2v) is 10.8. The van der Waals surface area contributed by atoms with Crippen LogP contribution in [0.3, 0.4) is 0 Å². The van der Waals surface area contributed by atoms with Crippen molar-refractivity contribution in [3.05, 3.63) is 50.8 Å². The number of carbonyl (C=O) groups excluding carboxylic acids is 1. The zero-order valence-corrected chi connectivity index (χ0v) is 21.6. The van der Waals surface area contributed by atoms with Crippen molar-refractivity contribution in [3.63, 3.8) is 0 Å².